The topological polar surface area (TPSA) is 82.6 Å². The number of anilines is 3. The molecule has 6 rings (SSSR count). The Labute approximate surface area is 248 Å². The quantitative estimate of drug-likeness (QED) is 0.302. The molecule has 1 amide bonds. The van der Waals surface area contributed by atoms with E-state index in [1.807, 2.05) is 35.2 Å². The first-order chi connectivity index (χ1) is 20.5. The zero-order valence-electron chi connectivity index (χ0n) is 24.3. The van der Waals surface area contributed by atoms with Crippen molar-refractivity contribution in [2.45, 2.75) is 38.3 Å². The molecule has 3 aliphatic rings. The molecule has 1 aliphatic carbocycles. The Bertz CT molecular complexity index is 1460. The van der Waals surface area contributed by atoms with Gasteiger partial charge in [0, 0.05) is 55.4 Å². The van der Waals surface area contributed by atoms with Crippen LogP contribution in [0.25, 0.3) is 11.3 Å². The van der Waals surface area contributed by atoms with Crippen LogP contribution < -0.4 is 15.4 Å². The lowest BCUT2D eigenvalue weighted by Gasteiger charge is -2.23. The molecule has 3 aromatic rings. The molecular weight excluding hydrogens is 524 g/mol. The van der Waals surface area contributed by atoms with Crippen molar-refractivity contribution in [3.05, 3.63) is 85.1 Å². The number of nitrogens with one attached hydrogen (secondary N) is 2. The molecule has 2 aromatic carbocycles. The fourth-order valence-electron chi connectivity index (χ4n) is 6.60. The van der Waals surface area contributed by atoms with Crippen LogP contribution in [0, 0.1) is 11.8 Å². The van der Waals surface area contributed by atoms with Crippen LogP contribution >= 0.6 is 0 Å². The van der Waals surface area contributed by atoms with E-state index in [0.717, 1.165) is 80.2 Å². The third-order valence-electron chi connectivity index (χ3n) is 8.57. The second-order valence-electron chi connectivity index (χ2n) is 11.7. The number of rotatable bonds is 4. The predicted molar refractivity (Wildman–Crippen MR) is 168 cm³/mol. The van der Waals surface area contributed by atoms with Crippen molar-refractivity contribution in [2.75, 3.05) is 43.9 Å². The molecule has 2 aliphatic heterocycles. The number of likely N-dealkylation sites (tertiary alicyclic amines) is 1. The van der Waals surface area contributed by atoms with E-state index < -0.39 is 0 Å². The smallest absolute Gasteiger partial charge is 0.246 e. The Morgan fingerprint density at radius 1 is 1.19 bits per heavy atom. The van der Waals surface area contributed by atoms with Gasteiger partial charge < -0.3 is 20.3 Å². The van der Waals surface area contributed by atoms with E-state index in [0.29, 0.717) is 30.4 Å². The van der Waals surface area contributed by atoms with E-state index in [2.05, 4.69) is 64.5 Å². The van der Waals surface area contributed by atoms with E-state index >= 15 is 0 Å². The van der Waals surface area contributed by atoms with Gasteiger partial charge in [0.2, 0.25) is 11.9 Å². The van der Waals surface area contributed by atoms with Crippen molar-refractivity contribution >= 4 is 23.2 Å². The highest BCUT2D eigenvalue weighted by Gasteiger charge is 2.43. The van der Waals surface area contributed by atoms with Gasteiger partial charge in [-0.15, -0.1) is 0 Å². The Balaban J connectivity index is 1.22. The van der Waals surface area contributed by atoms with E-state index in [4.69, 9.17) is 9.72 Å². The monoisotopic (exact) mass is 564 g/mol. The molecule has 0 radical (unpaired) electrons. The SMILES string of the molecule is C=CC(=O)N1CCC2CC(CNc3cc4cc(c3)Nc3nccc(n3)-c3cccc(c3)OCC/C=C/CN(C)C4)CC21. The second-order valence-corrected chi connectivity index (χ2v) is 11.7. The molecule has 2 fully saturated rings. The second kappa shape index (κ2) is 12.8. The fourth-order valence-corrected chi connectivity index (χ4v) is 6.60. The molecule has 8 heteroatoms. The molecule has 3 unspecified atom stereocenters. The highest BCUT2D eigenvalue weighted by molar-refractivity contribution is 5.87. The van der Waals surface area contributed by atoms with Crippen molar-refractivity contribution in [2.24, 2.45) is 11.8 Å². The standard InChI is InChI=1S/C34H40N6O2/c1-3-33(41)40-14-11-27-16-24(19-32(27)40)22-36-28-17-25-18-29(21-28)37-34-35-12-10-31(38-34)26-8-7-9-30(20-26)42-15-6-4-5-13-39(2)23-25/h3-5,7-10,12,17-18,20-21,24,27,32,36H,1,6,11,13-16,19,22-23H2,2H3,(H,35,37,38)/b5-4+. The number of carbonyl (C=O) groups excluding carboxylic acids is 1. The van der Waals surface area contributed by atoms with Crippen molar-refractivity contribution in [3.8, 4) is 17.0 Å². The van der Waals surface area contributed by atoms with Gasteiger partial charge in [0.1, 0.15) is 5.75 Å². The molecule has 42 heavy (non-hydrogen) atoms. The molecule has 3 heterocycles. The van der Waals surface area contributed by atoms with Gasteiger partial charge >= 0.3 is 0 Å². The molecule has 218 valence electrons. The Hall–Kier alpha value is -4.17. The highest BCUT2D eigenvalue weighted by atomic mass is 16.5. The van der Waals surface area contributed by atoms with Gasteiger partial charge in [0.15, 0.2) is 0 Å². The largest absolute Gasteiger partial charge is 0.493 e. The van der Waals surface area contributed by atoms with Gasteiger partial charge in [-0.05, 0) is 92.6 Å². The number of aromatic nitrogens is 2. The normalized spacial score (nSPS) is 23.1. The number of hydrogen-bond acceptors (Lipinski definition) is 7. The minimum atomic E-state index is 0.0722. The van der Waals surface area contributed by atoms with Crippen LogP contribution in [0.1, 0.15) is 31.2 Å². The van der Waals surface area contributed by atoms with Crippen molar-refractivity contribution in [3.63, 3.8) is 0 Å². The minimum Gasteiger partial charge on any atom is -0.493 e. The summed E-state index contributed by atoms with van der Waals surface area (Å²) in [7, 11) is 2.14. The molecule has 2 N–H and O–H groups in total. The lowest BCUT2D eigenvalue weighted by atomic mass is 10.0. The van der Waals surface area contributed by atoms with Crippen molar-refractivity contribution < 1.29 is 9.53 Å². The molecule has 1 saturated heterocycles. The number of likely N-dealkylation sites (N-methyl/N-ethyl adjacent to an activating group) is 1. The predicted octanol–water partition coefficient (Wildman–Crippen LogP) is 5.88. The number of ether oxygens (including phenoxy) is 1. The number of fused-ring (bicyclic) bond motifs is 8. The van der Waals surface area contributed by atoms with Crippen molar-refractivity contribution in [1.82, 2.24) is 19.8 Å². The maximum absolute atomic E-state index is 12.3. The van der Waals surface area contributed by atoms with Crippen LogP contribution in [-0.4, -0.2) is 65.0 Å². The first-order valence-electron chi connectivity index (χ1n) is 15.0. The summed E-state index contributed by atoms with van der Waals surface area (Å²) in [5.41, 5.74) is 5.05. The third kappa shape index (κ3) is 6.65. The lowest BCUT2D eigenvalue weighted by Crippen LogP contribution is -2.35. The van der Waals surface area contributed by atoms with Gasteiger partial charge in [0.05, 0.1) is 12.3 Å². The van der Waals surface area contributed by atoms with Crippen LogP contribution in [-0.2, 0) is 11.3 Å². The average molecular weight is 565 g/mol. The summed E-state index contributed by atoms with van der Waals surface area (Å²) in [6.07, 6.45) is 11.8. The number of amides is 1. The number of nitrogens with zero attached hydrogens (tertiary/aromatic N) is 4. The van der Waals surface area contributed by atoms with Crippen LogP contribution in [0.15, 0.2) is 79.5 Å². The lowest BCUT2D eigenvalue weighted by molar-refractivity contribution is -0.127. The Morgan fingerprint density at radius 3 is 3.02 bits per heavy atom. The number of benzene rings is 2. The van der Waals surface area contributed by atoms with Gasteiger partial charge in [-0.25, -0.2) is 9.97 Å². The van der Waals surface area contributed by atoms with E-state index in [9.17, 15) is 4.79 Å². The Morgan fingerprint density at radius 2 is 2.12 bits per heavy atom. The van der Waals surface area contributed by atoms with Crippen LogP contribution in [0.5, 0.6) is 5.75 Å². The maximum Gasteiger partial charge on any atom is 0.246 e. The van der Waals surface area contributed by atoms with Gasteiger partial charge in [-0.1, -0.05) is 30.9 Å². The summed E-state index contributed by atoms with van der Waals surface area (Å²) in [4.78, 5) is 26.0. The molecule has 8 nitrogen and oxygen atoms in total. The summed E-state index contributed by atoms with van der Waals surface area (Å²) >= 11 is 0. The summed E-state index contributed by atoms with van der Waals surface area (Å²) in [6.45, 7) is 7.73. The molecule has 3 atom stereocenters. The summed E-state index contributed by atoms with van der Waals surface area (Å²) < 4.78 is 5.99. The van der Waals surface area contributed by atoms with Gasteiger partial charge in [0.25, 0.3) is 0 Å². The van der Waals surface area contributed by atoms with E-state index in [1.165, 1.54) is 11.6 Å². The average Bonchev–Trinajstić information content (AvgIpc) is 3.58. The van der Waals surface area contributed by atoms with Crippen LogP contribution in [0.4, 0.5) is 17.3 Å². The summed E-state index contributed by atoms with van der Waals surface area (Å²) in [5, 5.41) is 7.18. The number of hydrogen-bond donors (Lipinski definition) is 2. The first kappa shape index (κ1) is 28.0. The first-order valence-corrected chi connectivity index (χ1v) is 15.0. The summed E-state index contributed by atoms with van der Waals surface area (Å²) in [5.74, 6) is 2.59. The third-order valence-corrected chi connectivity index (χ3v) is 8.57. The van der Waals surface area contributed by atoms with E-state index in [-0.39, 0.29) is 5.91 Å². The Kier molecular flexibility index (Phi) is 8.51. The molecule has 1 saturated carbocycles. The van der Waals surface area contributed by atoms with Crippen LogP contribution in [0.3, 0.4) is 0 Å². The maximum atomic E-state index is 12.3. The fraction of sp³-hybridized carbons (Fsp3) is 0.382. The molecule has 0 spiro atoms. The van der Waals surface area contributed by atoms with Gasteiger partial charge in [-0.2, -0.15) is 0 Å². The highest BCUT2D eigenvalue weighted by Crippen LogP contribution is 2.41. The van der Waals surface area contributed by atoms with Gasteiger partial charge in [-0.3, -0.25) is 9.69 Å². The zero-order chi connectivity index (χ0) is 28.9. The van der Waals surface area contributed by atoms with Crippen LogP contribution in [0.2, 0.25) is 0 Å². The molecular formula is C34H40N6O2. The summed E-state index contributed by atoms with van der Waals surface area (Å²) in [6, 6.07) is 16.9. The number of carbonyl (C=O) groups is 1. The van der Waals surface area contributed by atoms with Crippen molar-refractivity contribution in [1.29, 1.82) is 0 Å². The minimum absolute atomic E-state index is 0.0722. The zero-order valence-corrected chi connectivity index (χ0v) is 24.3. The molecule has 6 bridgehead atoms. The van der Waals surface area contributed by atoms with E-state index in [1.54, 1.807) is 6.20 Å². The molecule has 1 aromatic heterocycles.